The van der Waals surface area contributed by atoms with Crippen LogP contribution in [-0.2, 0) is 15.0 Å². The first-order chi connectivity index (χ1) is 11.3. The summed E-state index contributed by atoms with van der Waals surface area (Å²) in [5, 5.41) is 5.26. The molecule has 9 heteroatoms. The van der Waals surface area contributed by atoms with Gasteiger partial charge in [-0.2, -0.15) is 0 Å². The molecule has 1 saturated heterocycles. The van der Waals surface area contributed by atoms with Gasteiger partial charge in [-0.1, -0.05) is 0 Å². The Labute approximate surface area is 137 Å². The van der Waals surface area contributed by atoms with Gasteiger partial charge in [0.1, 0.15) is 19.5 Å². The highest BCUT2D eigenvalue weighted by Gasteiger charge is 2.42. The van der Waals surface area contributed by atoms with Gasteiger partial charge < -0.3 is 5.32 Å². The molecule has 2 aromatic rings. The molecule has 1 fully saturated rings. The van der Waals surface area contributed by atoms with E-state index in [2.05, 4.69) is 15.6 Å². The minimum absolute atomic E-state index is 0.133. The number of hydrogen-bond acceptors (Lipinski definition) is 5. The summed E-state index contributed by atoms with van der Waals surface area (Å²) < 4.78 is 15.0. The first-order valence-electron chi connectivity index (χ1n) is 7.53. The van der Waals surface area contributed by atoms with Crippen LogP contribution in [0.4, 0.5) is 10.1 Å². The van der Waals surface area contributed by atoms with E-state index in [1.807, 2.05) is 0 Å². The average molecular weight is 330 g/mol. The standard InChI is InChI=1S/C15H16BFN4O3/c1-7-19-10-6-8(17)5-9(18-2)12(10)13(23)21(7)15(16)4-3-11(22)20-14(15)24/h5-6,18H,3-4,16H2,1-2H3,(H,20,22,24). The van der Waals surface area contributed by atoms with E-state index < -0.39 is 22.7 Å². The highest BCUT2D eigenvalue weighted by molar-refractivity contribution is 6.28. The van der Waals surface area contributed by atoms with Crippen LogP contribution in [0.15, 0.2) is 16.9 Å². The Kier molecular flexibility index (Phi) is 3.66. The van der Waals surface area contributed by atoms with Crippen molar-refractivity contribution >= 4 is 36.3 Å². The van der Waals surface area contributed by atoms with Gasteiger partial charge in [-0.25, -0.2) is 9.37 Å². The Balaban J connectivity index is 2.34. The summed E-state index contributed by atoms with van der Waals surface area (Å²) in [4.78, 5) is 41.2. The van der Waals surface area contributed by atoms with Crippen LogP contribution in [0.3, 0.4) is 0 Å². The van der Waals surface area contributed by atoms with Crippen molar-refractivity contribution in [1.82, 2.24) is 14.9 Å². The fourth-order valence-corrected chi connectivity index (χ4v) is 3.17. The van der Waals surface area contributed by atoms with E-state index >= 15 is 0 Å². The number of fused-ring (bicyclic) bond motifs is 1. The summed E-state index contributed by atoms with van der Waals surface area (Å²) in [6.07, 6.45) is 0.330. The SMILES string of the molecule is BC1(n2c(C)nc3cc(F)cc(NC)c3c2=O)CCC(=O)NC1=O. The number of carbonyl (C=O) groups excluding carboxylic acids is 2. The predicted molar refractivity (Wildman–Crippen MR) is 89.1 cm³/mol. The molecule has 0 saturated carbocycles. The van der Waals surface area contributed by atoms with Gasteiger partial charge in [-0.3, -0.25) is 24.3 Å². The summed E-state index contributed by atoms with van der Waals surface area (Å²) in [5.41, 5.74) is -1.16. The molecule has 1 aliphatic heterocycles. The minimum atomic E-state index is -1.23. The Morgan fingerprint density at radius 3 is 2.71 bits per heavy atom. The van der Waals surface area contributed by atoms with Crippen molar-refractivity contribution in [2.24, 2.45) is 0 Å². The first kappa shape index (κ1) is 16.2. The second-order valence-corrected chi connectivity index (χ2v) is 6.05. The molecular weight excluding hydrogens is 314 g/mol. The second kappa shape index (κ2) is 5.43. The highest BCUT2D eigenvalue weighted by Crippen LogP contribution is 2.26. The number of nitrogens with one attached hydrogen (secondary N) is 2. The van der Waals surface area contributed by atoms with Crippen LogP contribution >= 0.6 is 0 Å². The molecular formula is C15H16BFN4O3. The van der Waals surface area contributed by atoms with Crippen molar-refractivity contribution in [3.63, 3.8) is 0 Å². The average Bonchev–Trinajstić information content (AvgIpc) is 2.50. The van der Waals surface area contributed by atoms with Gasteiger partial charge in [-0.15, -0.1) is 0 Å². The third-order valence-electron chi connectivity index (χ3n) is 4.45. The smallest absolute Gasteiger partial charge is 0.263 e. The third kappa shape index (κ3) is 2.27. The zero-order valence-electron chi connectivity index (χ0n) is 13.6. The number of aromatic nitrogens is 2. The Morgan fingerprint density at radius 1 is 1.38 bits per heavy atom. The number of nitrogens with zero attached hydrogens (tertiary/aromatic N) is 2. The zero-order chi connectivity index (χ0) is 17.6. The van der Waals surface area contributed by atoms with E-state index in [-0.39, 0.29) is 35.5 Å². The lowest BCUT2D eigenvalue weighted by Crippen LogP contribution is -2.58. The number of piperidine rings is 1. The molecule has 0 spiro atoms. The molecule has 124 valence electrons. The van der Waals surface area contributed by atoms with Gasteiger partial charge in [-0.05, 0) is 19.4 Å². The second-order valence-electron chi connectivity index (χ2n) is 6.05. The van der Waals surface area contributed by atoms with Crippen LogP contribution in [0.25, 0.3) is 10.9 Å². The van der Waals surface area contributed by atoms with Crippen LogP contribution in [-0.4, -0.2) is 36.3 Å². The van der Waals surface area contributed by atoms with Gasteiger partial charge in [0.15, 0.2) is 0 Å². The van der Waals surface area contributed by atoms with Gasteiger partial charge >= 0.3 is 0 Å². The van der Waals surface area contributed by atoms with Crippen molar-refractivity contribution in [2.45, 2.75) is 25.2 Å². The Morgan fingerprint density at radius 2 is 2.08 bits per heavy atom. The van der Waals surface area contributed by atoms with E-state index in [1.165, 1.54) is 16.7 Å². The van der Waals surface area contributed by atoms with E-state index in [0.29, 0.717) is 5.69 Å². The maximum atomic E-state index is 13.7. The van der Waals surface area contributed by atoms with Gasteiger partial charge in [0, 0.05) is 19.5 Å². The predicted octanol–water partition coefficient (Wildman–Crippen LogP) is -0.392. The van der Waals surface area contributed by atoms with Crippen LogP contribution in [0, 0.1) is 12.7 Å². The fraction of sp³-hybridized carbons (Fsp3) is 0.333. The van der Waals surface area contributed by atoms with E-state index in [9.17, 15) is 18.8 Å². The van der Waals surface area contributed by atoms with Crippen molar-refractivity contribution in [3.05, 3.63) is 34.1 Å². The van der Waals surface area contributed by atoms with Crippen molar-refractivity contribution in [2.75, 3.05) is 12.4 Å². The molecule has 24 heavy (non-hydrogen) atoms. The summed E-state index contributed by atoms with van der Waals surface area (Å²) in [7, 11) is 3.17. The molecule has 0 bridgehead atoms. The minimum Gasteiger partial charge on any atom is -0.387 e. The molecule has 7 nitrogen and oxygen atoms in total. The van der Waals surface area contributed by atoms with E-state index in [1.54, 1.807) is 21.8 Å². The Bertz CT molecular complexity index is 942. The maximum Gasteiger partial charge on any atom is 0.263 e. The van der Waals surface area contributed by atoms with Crippen LogP contribution in [0.5, 0.6) is 0 Å². The number of benzene rings is 1. The van der Waals surface area contributed by atoms with Gasteiger partial charge in [0.2, 0.25) is 11.8 Å². The monoisotopic (exact) mass is 330 g/mol. The largest absolute Gasteiger partial charge is 0.387 e. The van der Waals surface area contributed by atoms with E-state index in [4.69, 9.17) is 0 Å². The summed E-state index contributed by atoms with van der Waals surface area (Å²) in [5.74, 6) is -1.14. The fourth-order valence-electron chi connectivity index (χ4n) is 3.17. The topological polar surface area (TPSA) is 93.1 Å². The lowest BCUT2D eigenvalue weighted by atomic mass is 9.71. The van der Waals surface area contributed by atoms with E-state index in [0.717, 1.165) is 0 Å². The molecule has 2 heterocycles. The first-order valence-corrected chi connectivity index (χ1v) is 7.53. The number of carbonyl (C=O) groups is 2. The molecule has 3 rings (SSSR count). The summed E-state index contributed by atoms with van der Waals surface area (Å²) >= 11 is 0. The molecule has 1 unspecified atom stereocenters. The van der Waals surface area contributed by atoms with Crippen molar-refractivity contribution in [3.8, 4) is 0 Å². The number of hydrogen-bond donors (Lipinski definition) is 2. The van der Waals surface area contributed by atoms with Gasteiger partial charge in [0.25, 0.3) is 5.56 Å². The summed E-state index contributed by atoms with van der Waals surface area (Å²) in [6, 6.07) is 2.39. The number of anilines is 1. The normalized spacial score (nSPS) is 21.0. The van der Waals surface area contributed by atoms with Crippen LogP contribution in [0.2, 0.25) is 0 Å². The lowest BCUT2D eigenvalue weighted by molar-refractivity contribution is -0.137. The van der Waals surface area contributed by atoms with Crippen molar-refractivity contribution in [1.29, 1.82) is 0 Å². The molecule has 1 atom stereocenters. The molecule has 2 amide bonds. The third-order valence-corrected chi connectivity index (χ3v) is 4.45. The summed E-state index contributed by atoms with van der Waals surface area (Å²) in [6.45, 7) is 1.58. The van der Waals surface area contributed by atoms with Crippen molar-refractivity contribution < 1.29 is 14.0 Å². The molecule has 0 aliphatic carbocycles. The molecule has 1 aromatic carbocycles. The lowest BCUT2D eigenvalue weighted by Gasteiger charge is -2.35. The number of aryl methyl sites for hydroxylation is 1. The molecule has 0 radical (unpaired) electrons. The molecule has 1 aromatic heterocycles. The highest BCUT2D eigenvalue weighted by atomic mass is 19.1. The molecule has 2 N–H and O–H groups in total. The Hall–Kier alpha value is -2.71. The quantitative estimate of drug-likeness (QED) is 0.578. The van der Waals surface area contributed by atoms with Gasteiger partial charge in [0.05, 0.1) is 22.0 Å². The number of imide groups is 1. The number of rotatable bonds is 2. The molecule has 1 aliphatic rings. The zero-order valence-corrected chi connectivity index (χ0v) is 13.6. The number of amides is 2. The van der Waals surface area contributed by atoms with Crippen LogP contribution in [0.1, 0.15) is 18.7 Å². The number of halogens is 1. The van der Waals surface area contributed by atoms with Crippen LogP contribution < -0.4 is 16.2 Å². The maximum absolute atomic E-state index is 13.7.